The smallest absolute Gasteiger partial charge is 0.164 e. The van der Waals surface area contributed by atoms with Crippen molar-refractivity contribution in [1.29, 1.82) is 0 Å². The van der Waals surface area contributed by atoms with E-state index in [4.69, 9.17) is 19.4 Å². The molecular weight excluding hydrogens is 695 g/mol. The van der Waals surface area contributed by atoms with Crippen LogP contribution < -0.4 is 0 Å². The monoisotopic (exact) mass is 725 g/mol. The van der Waals surface area contributed by atoms with Gasteiger partial charge in [-0.3, -0.25) is 0 Å². The summed E-state index contributed by atoms with van der Waals surface area (Å²) in [6.07, 6.45) is 0. The number of hydrogen-bond donors (Lipinski definition) is 0. The lowest BCUT2D eigenvalue weighted by Crippen LogP contribution is -2.01. The molecule has 0 bridgehead atoms. The minimum atomic E-state index is 0.627. The van der Waals surface area contributed by atoms with Crippen molar-refractivity contribution in [3.05, 3.63) is 188 Å². The number of furan rings is 1. The molecule has 0 N–H and O–H groups in total. The van der Waals surface area contributed by atoms with Gasteiger partial charge in [-0.15, -0.1) is 0 Å². The highest BCUT2D eigenvalue weighted by molar-refractivity contribution is 6.19. The zero-order chi connectivity index (χ0) is 37.5. The van der Waals surface area contributed by atoms with Crippen LogP contribution in [0.3, 0.4) is 0 Å². The Morgan fingerprint density at radius 3 is 1.58 bits per heavy atom. The third-order valence-electron chi connectivity index (χ3n) is 11.5. The van der Waals surface area contributed by atoms with Crippen LogP contribution in [0.4, 0.5) is 0 Å². The van der Waals surface area contributed by atoms with Crippen molar-refractivity contribution >= 4 is 43.5 Å². The van der Waals surface area contributed by atoms with Gasteiger partial charge in [-0.1, -0.05) is 164 Å². The molecule has 0 aliphatic heterocycles. The third kappa shape index (κ3) is 4.91. The lowest BCUT2D eigenvalue weighted by atomic mass is 9.92. The molecule has 0 fully saturated rings. The summed E-state index contributed by atoms with van der Waals surface area (Å²) in [5.41, 5.74) is 14.3. The Balaban J connectivity index is 1.03. The second-order valence-corrected chi connectivity index (χ2v) is 14.7. The highest BCUT2D eigenvalue weighted by atomic mass is 16.3. The van der Waals surface area contributed by atoms with E-state index >= 15 is 0 Å². The molecule has 0 atom stereocenters. The van der Waals surface area contributed by atoms with Gasteiger partial charge in [0, 0.05) is 27.5 Å². The van der Waals surface area contributed by atoms with Gasteiger partial charge < -0.3 is 4.42 Å². The van der Waals surface area contributed by atoms with E-state index < -0.39 is 0 Å². The van der Waals surface area contributed by atoms with Gasteiger partial charge >= 0.3 is 0 Å². The fourth-order valence-corrected chi connectivity index (χ4v) is 8.96. The van der Waals surface area contributed by atoms with Gasteiger partial charge in [0.05, 0.1) is 0 Å². The quantitative estimate of drug-likeness (QED) is 0.177. The minimum absolute atomic E-state index is 0.627. The molecular formula is C53H31N3O. The number of fused-ring (bicyclic) bond motifs is 7. The van der Waals surface area contributed by atoms with E-state index in [0.717, 1.165) is 66.1 Å². The van der Waals surface area contributed by atoms with Gasteiger partial charge in [0.25, 0.3) is 0 Å². The van der Waals surface area contributed by atoms with Gasteiger partial charge in [-0.2, -0.15) is 0 Å². The Hall–Kier alpha value is -7.69. The molecule has 9 aromatic carbocycles. The Morgan fingerprint density at radius 1 is 0.263 bits per heavy atom. The van der Waals surface area contributed by atoms with E-state index in [-0.39, 0.29) is 0 Å². The molecule has 0 radical (unpaired) electrons. The Labute approximate surface area is 328 Å². The van der Waals surface area contributed by atoms with Crippen LogP contribution in [-0.2, 0) is 0 Å². The van der Waals surface area contributed by atoms with Gasteiger partial charge in [0.15, 0.2) is 17.5 Å². The molecule has 0 saturated carbocycles. The molecule has 264 valence electrons. The summed E-state index contributed by atoms with van der Waals surface area (Å²) >= 11 is 0. The number of aromatic nitrogens is 3. The number of rotatable bonds is 5. The van der Waals surface area contributed by atoms with Gasteiger partial charge in [-0.25, -0.2) is 15.0 Å². The van der Waals surface area contributed by atoms with Crippen molar-refractivity contribution in [2.45, 2.75) is 0 Å². The lowest BCUT2D eigenvalue weighted by Gasteiger charge is -2.14. The molecule has 2 heterocycles. The van der Waals surface area contributed by atoms with E-state index in [1.54, 1.807) is 0 Å². The molecule has 11 aromatic rings. The molecule has 1 aliphatic carbocycles. The maximum absolute atomic E-state index is 6.29. The molecule has 1 aliphatic rings. The maximum atomic E-state index is 6.29. The highest BCUT2D eigenvalue weighted by Gasteiger charge is 2.23. The summed E-state index contributed by atoms with van der Waals surface area (Å²) in [6, 6.07) is 66.2. The Kier molecular flexibility index (Phi) is 6.89. The zero-order valence-electron chi connectivity index (χ0n) is 30.6. The molecule has 0 unspecified atom stereocenters. The van der Waals surface area contributed by atoms with Gasteiger partial charge in [0.2, 0.25) is 0 Å². The first-order valence-corrected chi connectivity index (χ1v) is 19.3. The highest BCUT2D eigenvalue weighted by Crippen LogP contribution is 2.49. The van der Waals surface area contributed by atoms with Gasteiger partial charge in [0.1, 0.15) is 11.2 Å². The van der Waals surface area contributed by atoms with Crippen molar-refractivity contribution in [2.75, 3.05) is 0 Å². The third-order valence-corrected chi connectivity index (χ3v) is 11.5. The predicted molar refractivity (Wildman–Crippen MR) is 234 cm³/mol. The average molecular weight is 726 g/mol. The van der Waals surface area contributed by atoms with E-state index in [0.29, 0.717) is 17.5 Å². The number of hydrogen-bond acceptors (Lipinski definition) is 4. The fraction of sp³-hybridized carbons (Fsp3) is 0. The Morgan fingerprint density at radius 2 is 0.754 bits per heavy atom. The van der Waals surface area contributed by atoms with Crippen LogP contribution in [0.25, 0.3) is 122 Å². The topological polar surface area (TPSA) is 51.8 Å². The second-order valence-electron chi connectivity index (χ2n) is 14.7. The van der Waals surface area contributed by atoms with Crippen molar-refractivity contribution in [3.8, 4) is 78.7 Å². The summed E-state index contributed by atoms with van der Waals surface area (Å²) in [7, 11) is 0. The predicted octanol–water partition coefficient (Wildman–Crippen LogP) is 14.1. The van der Waals surface area contributed by atoms with Crippen LogP contribution in [0.1, 0.15) is 0 Å². The molecule has 0 amide bonds. The normalized spacial score (nSPS) is 11.9. The first kappa shape index (κ1) is 31.6. The molecule has 57 heavy (non-hydrogen) atoms. The number of para-hydroxylation sites is 1. The van der Waals surface area contributed by atoms with E-state index in [2.05, 4.69) is 152 Å². The maximum Gasteiger partial charge on any atom is 0.164 e. The van der Waals surface area contributed by atoms with E-state index in [1.165, 1.54) is 38.6 Å². The Bertz CT molecular complexity index is 3390. The SMILES string of the molecule is c1ccc(-c2nc(-c3cccc(-c4ccc5c6c(cccc46)-c4ccccc4-5)c3)nc(-c3ccc(-c4cccc5oc6ccccc6c45)c4ccccc34)n2)cc1. The van der Waals surface area contributed by atoms with Crippen LogP contribution >= 0.6 is 0 Å². The summed E-state index contributed by atoms with van der Waals surface area (Å²) in [5.74, 6) is 1.89. The van der Waals surface area contributed by atoms with E-state index in [1.807, 2.05) is 36.4 Å². The largest absolute Gasteiger partial charge is 0.456 e. The first-order valence-electron chi connectivity index (χ1n) is 19.3. The van der Waals surface area contributed by atoms with Crippen LogP contribution in [0.2, 0.25) is 0 Å². The van der Waals surface area contributed by atoms with Crippen molar-refractivity contribution in [2.24, 2.45) is 0 Å². The van der Waals surface area contributed by atoms with Crippen molar-refractivity contribution in [1.82, 2.24) is 15.0 Å². The van der Waals surface area contributed by atoms with Crippen molar-refractivity contribution < 1.29 is 4.42 Å². The summed E-state index contributed by atoms with van der Waals surface area (Å²) < 4.78 is 6.29. The molecule has 0 spiro atoms. The number of nitrogens with zero attached hydrogens (tertiary/aromatic N) is 3. The fourth-order valence-electron chi connectivity index (χ4n) is 8.96. The van der Waals surface area contributed by atoms with E-state index in [9.17, 15) is 0 Å². The molecule has 4 heteroatoms. The minimum Gasteiger partial charge on any atom is -0.456 e. The van der Waals surface area contributed by atoms with Crippen LogP contribution in [0.15, 0.2) is 192 Å². The van der Waals surface area contributed by atoms with Gasteiger partial charge in [-0.05, 0) is 90.3 Å². The molecule has 4 nitrogen and oxygen atoms in total. The average Bonchev–Trinajstić information content (AvgIpc) is 3.83. The standard InChI is InChI=1S/C53H31N3O/c1-2-13-32(14-3-1)51-54-52(34-16-10-15-33(31-34)35-27-29-44-38-19-6-5-18-37(38)42-23-11-22-41(35)49(42)44)56-53(55-51)45-30-28-40(36-17-4-7-20-39(36)45)43-24-12-26-48-50(43)46-21-8-9-25-47(46)57-48/h1-31H. The molecule has 0 saturated heterocycles. The summed E-state index contributed by atoms with van der Waals surface area (Å²) in [6.45, 7) is 0. The first-order chi connectivity index (χ1) is 28.3. The molecule has 12 rings (SSSR count). The van der Waals surface area contributed by atoms with Crippen LogP contribution in [0, 0.1) is 0 Å². The lowest BCUT2D eigenvalue weighted by molar-refractivity contribution is 0.669. The second kappa shape index (κ2) is 12.4. The van der Waals surface area contributed by atoms with Crippen LogP contribution in [0.5, 0.6) is 0 Å². The number of benzene rings is 9. The molecule has 2 aromatic heterocycles. The zero-order valence-corrected chi connectivity index (χ0v) is 30.6. The summed E-state index contributed by atoms with van der Waals surface area (Å²) in [4.78, 5) is 15.6. The van der Waals surface area contributed by atoms with Crippen LogP contribution in [-0.4, -0.2) is 15.0 Å². The van der Waals surface area contributed by atoms with Crippen molar-refractivity contribution in [3.63, 3.8) is 0 Å². The summed E-state index contributed by atoms with van der Waals surface area (Å²) in [5, 5.41) is 6.96.